The van der Waals surface area contributed by atoms with Gasteiger partial charge in [0.25, 0.3) is 0 Å². The van der Waals surface area contributed by atoms with Crippen LogP contribution in [0.5, 0.6) is 5.75 Å². The second-order valence-electron chi connectivity index (χ2n) is 9.61. The van der Waals surface area contributed by atoms with Crippen molar-refractivity contribution in [2.45, 2.75) is 86.2 Å². The van der Waals surface area contributed by atoms with E-state index >= 15 is 0 Å². The van der Waals surface area contributed by atoms with Crippen molar-refractivity contribution in [2.75, 3.05) is 0 Å². The Bertz CT molecular complexity index is 564. The van der Waals surface area contributed by atoms with E-state index in [1.54, 1.807) is 12.1 Å². The number of benzene rings is 1. The number of phenols is 1. The monoisotopic (exact) mass is 362 g/mol. The normalized spacial score (nSPS) is 15.0. The number of phenolic OH excluding ortho intramolecular Hbond substituents is 1. The van der Waals surface area contributed by atoms with Crippen LogP contribution in [0.1, 0.15) is 86.1 Å². The molecular weight excluding hydrogens is 324 g/mol. The summed E-state index contributed by atoms with van der Waals surface area (Å²) >= 11 is 0. The molecule has 3 nitrogen and oxygen atoms in total. The number of carbonyl (C=O) groups is 1. The second-order valence-corrected chi connectivity index (χ2v) is 9.61. The highest BCUT2D eigenvalue weighted by molar-refractivity contribution is 5.72. The van der Waals surface area contributed by atoms with Crippen LogP contribution in [0.25, 0.3) is 0 Å². The predicted molar refractivity (Wildman–Crippen MR) is 108 cm³/mol. The Balaban J connectivity index is 3.06. The molecule has 0 aliphatic heterocycles. The van der Waals surface area contributed by atoms with Crippen molar-refractivity contribution >= 4 is 5.97 Å². The first-order valence-corrected chi connectivity index (χ1v) is 9.87. The summed E-state index contributed by atoms with van der Waals surface area (Å²) in [6, 6.07) is 7.53. The zero-order valence-electron chi connectivity index (χ0n) is 17.9. The van der Waals surface area contributed by atoms with Crippen LogP contribution < -0.4 is 0 Å². The molecule has 3 heteroatoms. The van der Waals surface area contributed by atoms with Crippen LogP contribution in [0.2, 0.25) is 0 Å². The summed E-state index contributed by atoms with van der Waals surface area (Å²) in [7, 11) is 0. The fourth-order valence-electron chi connectivity index (χ4n) is 3.64. The molecule has 2 unspecified atom stereocenters. The minimum Gasteiger partial charge on any atom is -0.508 e. The largest absolute Gasteiger partial charge is 0.508 e. The minimum absolute atomic E-state index is 0.0567. The molecule has 2 atom stereocenters. The number of rotatable bonds is 8. The molecule has 0 aliphatic rings. The van der Waals surface area contributed by atoms with Crippen LogP contribution in [0.3, 0.4) is 0 Å². The standard InChI is InChI=1S/C23H38O3/c1-9-17(21(25)26-22(4,5)6)15-23(7,8)20(14-16(2)3)18-10-12-19(24)13-11-18/h10-13,16-17,20,24H,9,14-15H2,1-8H3. The van der Waals surface area contributed by atoms with E-state index in [4.69, 9.17) is 4.74 Å². The number of hydrogen-bond donors (Lipinski definition) is 1. The quantitative estimate of drug-likeness (QED) is 0.551. The van der Waals surface area contributed by atoms with Gasteiger partial charge in [0.1, 0.15) is 11.4 Å². The zero-order valence-corrected chi connectivity index (χ0v) is 17.9. The molecule has 0 saturated carbocycles. The summed E-state index contributed by atoms with van der Waals surface area (Å²) < 4.78 is 5.65. The van der Waals surface area contributed by atoms with Crippen LogP contribution in [-0.2, 0) is 9.53 Å². The maximum absolute atomic E-state index is 12.6. The molecule has 0 spiro atoms. The van der Waals surface area contributed by atoms with E-state index < -0.39 is 5.60 Å². The van der Waals surface area contributed by atoms with E-state index in [0.29, 0.717) is 11.8 Å². The summed E-state index contributed by atoms with van der Waals surface area (Å²) in [5, 5.41) is 9.63. The Morgan fingerprint density at radius 2 is 1.62 bits per heavy atom. The van der Waals surface area contributed by atoms with Crippen molar-refractivity contribution in [3.05, 3.63) is 29.8 Å². The topological polar surface area (TPSA) is 46.5 Å². The van der Waals surface area contributed by atoms with Gasteiger partial charge in [-0.3, -0.25) is 4.79 Å². The predicted octanol–water partition coefficient (Wildman–Crippen LogP) is 6.31. The van der Waals surface area contributed by atoms with Gasteiger partial charge in [-0.1, -0.05) is 46.8 Å². The van der Waals surface area contributed by atoms with Gasteiger partial charge in [-0.25, -0.2) is 0 Å². The van der Waals surface area contributed by atoms with Crippen LogP contribution in [0.15, 0.2) is 24.3 Å². The molecule has 26 heavy (non-hydrogen) atoms. The van der Waals surface area contributed by atoms with Gasteiger partial charge in [-0.05, 0) is 75.0 Å². The van der Waals surface area contributed by atoms with Gasteiger partial charge < -0.3 is 9.84 Å². The molecule has 1 N–H and O–H groups in total. The highest BCUT2D eigenvalue weighted by Gasteiger charge is 2.36. The van der Waals surface area contributed by atoms with Gasteiger partial charge in [0, 0.05) is 0 Å². The third-order valence-electron chi connectivity index (χ3n) is 4.95. The van der Waals surface area contributed by atoms with Crippen molar-refractivity contribution in [2.24, 2.45) is 17.3 Å². The van der Waals surface area contributed by atoms with E-state index in [9.17, 15) is 9.90 Å². The summed E-state index contributed by atoms with van der Waals surface area (Å²) in [6.45, 7) is 16.8. The Morgan fingerprint density at radius 3 is 2.04 bits per heavy atom. The van der Waals surface area contributed by atoms with Crippen LogP contribution >= 0.6 is 0 Å². The number of ether oxygens (including phenoxy) is 1. The first kappa shape index (κ1) is 22.5. The number of aromatic hydroxyl groups is 1. The average Bonchev–Trinajstić information content (AvgIpc) is 2.49. The lowest BCUT2D eigenvalue weighted by molar-refractivity contribution is -0.161. The van der Waals surface area contributed by atoms with Crippen molar-refractivity contribution in [3.63, 3.8) is 0 Å². The highest BCUT2D eigenvalue weighted by Crippen LogP contribution is 2.45. The molecule has 1 aromatic carbocycles. The first-order valence-electron chi connectivity index (χ1n) is 9.87. The smallest absolute Gasteiger partial charge is 0.309 e. The molecule has 1 rings (SSSR count). The Kier molecular flexibility index (Phi) is 7.73. The fraction of sp³-hybridized carbons (Fsp3) is 0.696. The Morgan fingerprint density at radius 1 is 1.08 bits per heavy atom. The zero-order chi connectivity index (χ0) is 20.1. The molecule has 0 aliphatic carbocycles. The SMILES string of the molecule is CCC(CC(C)(C)C(CC(C)C)c1ccc(O)cc1)C(=O)OC(C)(C)C. The van der Waals surface area contributed by atoms with Gasteiger partial charge in [0.2, 0.25) is 0 Å². The van der Waals surface area contributed by atoms with Gasteiger partial charge in [0.15, 0.2) is 0 Å². The molecule has 148 valence electrons. The van der Waals surface area contributed by atoms with Crippen LogP contribution in [0, 0.1) is 17.3 Å². The van der Waals surface area contributed by atoms with Gasteiger partial charge >= 0.3 is 5.97 Å². The lowest BCUT2D eigenvalue weighted by Crippen LogP contribution is -2.33. The van der Waals surface area contributed by atoms with E-state index in [-0.39, 0.29) is 23.1 Å². The van der Waals surface area contributed by atoms with E-state index in [0.717, 1.165) is 19.3 Å². The Labute approximate surface area is 160 Å². The first-order chi connectivity index (χ1) is 11.9. The third kappa shape index (κ3) is 7.01. The summed E-state index contributed by atoms with van der Waals surface area (Å²) in [5.41, 5.74) is 0.711. The van der Waals surface area contributed by atoms with Crippen molar-refractivity contribution in [3.8, 4) is 5.75 Å². The van der Waals surface area contributed by atoms with E-state index in [1.807, 2.05) is 32.9 Å². The van der Waals surface area contributed by atoms with Crippen LogP contribution in [-0.4, -0.2) is 16.7 Å². The molecule has 0 saturated heterocycles. The van der Waals surface area contributed by atoms with Crippen molar-refractivity contribution in [1.29, 1.82) is 0 Å². The molecule has 0 heterocycles. The summed E-state index contributed by atoms with van der Waals surface area (Å²) in [4.78, 5) is 12.6. The molecule has 0 bridgehead atoms. The van der Waals surface area contributed by atoms with Gasteiger partial charge in [0.05, 0.1) is 5.92 Å². The maximum Gasteiger partial charge on any atom is 0.309 e. The molecule has 1 aromatic rings. The molecule has 0 radical (unpaired) electrons. The Hall–Kier alpha value is -1.51. The summed E-state index contributed by atoms with van der Waals surface area (Å²) in [6.07, 6.45) is 2.61. The lowest BCUT2D eigenvalue weighted by atomic mass is 9.67. The molecule has 0 aromatic heterocycles. The van der Waals surface area contributed by atoms with E-state index in [2.05, 4.69) is 34.6 Å². The molecule has 0 amide bonds. The molecule has 0 fully saturated rings. The second kappa shape index (κ2) is 8.92. The van der Waals surface area contributed by atoms with Gasteiger partial charge in [-0.2, -0.15) is 0 Å². The fourth-order valence-corrected chi connectivity index (χ4v) is 3.64. The van der Waals surface area contributed by atoms with Crippen LogP contribution in [0.4, 0.5) is 0 Å². The minimum atomic E-state index is -0.455. The third-order valence-corrected chi connectivity index (χ3v) is 4.95. The number of carbonyl (C=O) groups excluding carboxylic acids is 1. The van der Waals surface area contributed by atoms with Gasteiger partial charge in [-0.15, -0.1) is 0 Å². The molecular formula is C23H38O3. The number of esters is 1. The van der Waals surface area contributed by atoms with Crippen molar-refractivity contribution in [1.82, 2.24) is 0 Å². The lowest BCUT2D eigenvalue weighted by Gasteiger charge is -2.38. The number of hydrogen-bond acceptors (Lipinski definition) is 3. The van der Waals surface area contributed by atoms with Crippen molar-refractivity contribution < 1.29 is 14.6 Å². The van der Waals surface area contributed by atoms with E-state index in [1.165, 1.54) is 5.56 Å². The highest BCUT2D eigenvalue weighted by atomic mass is 16.6. The summed E-state index contributed by atoms with van der Waals surface area (Å²) in [5.74, 6) is 0.961. The average molecular weight is 363 g/mol. The maximum atomic E-state index is 12.6.